The second-order valence-corrected chi connectivity index (χ2v) is 6.80. The quantitative estimate of drug-likeness (QED) is 0.822. The molecule has 1 aromatic heterocycles. The normalized spacial score (nSPS) is 15.4. The predicted molar refractivity (Wildman–Crippen MR) is 90.1 cm³/mol. The number of methoxy groups -OCH3 is 1. The molecule has 2 heterocycles. The fourth-order valence-corrected chi connectivity index (χ4v) is 2.52. The van der Waals surface area contributed by atoms with Crippen molar-refractivity contribution in [3.05, 3.63) is 22.1 Å². The Labute approximate surface area is 141 Å². The third-order valence-corrected chi connectivity index (χ3v) is 3.44. The molecule has 8 nitrogen and oxygen atoms in total. The second-order valence-electron chi connectivity index (χ2n) is 6.80. The van der Waals surface area contributed by atoms with E-state index in [1.165, 1.54) is 10.6 Å². The van der Waals surface area contributed by atoms with Crippen molar-refractivity contribution in [3.63, 3.8) is 0 Å². The molecule has 0 aromatic carbocycles. The lowest BCUT2D eigenvalue weighted by Crippen LogP contribution is -2.45. The first-order valence-electron chi connectivity index (χ1n) is 8.03. The first-order chi connectivity index (χ1) is 11.3. The van der Waals surface area contributed by atoms with Crippen LogP contribution in [0, 0.1) is 0 Å². The molecule has 0 unspecified atom stereocenters. The van der Waals surface area contributed by atoms with Crippen molar-refractivity contribution in [2.24, 2.45) is 0 Å². The van der Waals surface area contributed by atoms with Crippen LogP contribution in [0.2, 0.25) is 0 Å². The lowest BCUT2D eigenvalue weighted by atomic mass is 10.1. The van der Waals surface area contributed by atoms with E-state index in [0.29, 0.717) is 37.9 Å². The van der Waals surface area contributed by atoms with E-state index >= 15 is 0 Å². The lowest BCUT2D eigenvalue weighted by Gasteiger charge is -2.30. The van der Waals surface area contributed by atoms with Crippen LogP contribution in [-0.2, 0) is 27.4 Å². The van der Waals surface area contributed by atoms with Gasteiger partial charge in [0.15, 0.2) is 0 Å². The highest BCUT2D eigenvalue weighted by atomic mass is 16.5. The largest absolute Gasteiger partial charge is 0.378 e. The van der Waals surface area contributed by atoms with Crippen LogP contribution in [0.1, 0.15) is 26.5 Å². The summed E-state index contributed by atoms with van der Waals surface area (Å²) in [6, 6.07) is 1.41. The molecule has 1 saturated heterocycles. The molecule has 0 aliphatic carbocycles. The Morgan fingerprint density at radius 2 is 2.04 bits per heavy atom. The van der Waals surface area contributed by atoms with Gasteiger partial charge in [-0.1, -0.05) is 0 Å². The monoisotopic (exact) mass is 338 g/mol. The number of hydrogen-bond donors (Lipinski definition) is 1. The van der Waals surface area contributed by atoms with E-state index in [1.807, 2.05) is 25.7 Å². The number of amides is 1. The van der Waals surface area contributed by atoms with Crippen molar-refractivity contribution in [2.45, 2.75) is 39.5 Å². The summed E-state index contributed by atoms with van der Waals surface area (Å²) in [6.07, 6.45) is 0. The summed E-state index contributed by atoms with van der Waals surface area (Å²) < 4.78 is 11.8. The Morgan fingerprint density at radius 3 is 2.62 bits per heavy atom. The molecule has 1 aliphatic rings. The number of anilines is 1. The number of carbonyl (C=O) groups is 1. The smallest absolute Gasteiger partial charge is 0.255 e. The minimum Gasteiger partial charge on any atom is -0.378 e. The summed E-state index contributed by atoms with van der Waals surface area (Å²) in [7, 11) is 1.55. The van der Waals surface area contributed by atoms with Gasteiger partial charge in [0, 0.05) is 31.8 Å². The molecule has 2 rings (SSSR count). The predicted octanol–water partition coefficient (Wildman–Crippen LogP) is 0.141. The topological polar surface area (TPSA) is 85.7 Å². The van der Waals surface area contributed by atoms with E-state index < -0.39 is 0 Å². The van der Waals surface area contributed by atoms with Gasteiger partial charge in [-0.3, -0.25) is 14.2 Å². The van der Waals surface area contributed by atoms with E-state index in [1.54, 1.807) is 7.11 Å². The number of morpholine rings is 1. The highest BCUT2D eigenvalue weighted by Crippen LogP contribution is 2.13. The number of nitrogens with zero attached hydrogens (tertiary/aromatic N) is 3. The average Bonchev–Trinajstić information content (AvgIpc) is 2.49. The molecule has 1 fully saturated rings. The third-order valence-electron chi connectivity index (χ3n) is 3.44. The van der Waals surface area contributed by atoms with Crippen molar-refractivity contribution in [2.75, 3.05) is 38.3 Å². The number of hydrogen-bond acceptors (Lipinski definition) is 6. The zero-order valence-corrected chi connectivity index (χ0v) is 14.8. The molecule has 1 N–H and O–H groups in total. The van der Waals surface area contributed by atoms with Crippen LogP contribution in [0.25, 0.3) is 0 Å². The maximum atomic E-state index is 12.5. The van der Waals surface area contributed by atoms with Gasteiger partial charge < -0.3 is 19.7 Å². The van der Waals surface area contributed by atoms with Crippen molar-refractivity contribution < 1.29 is 14.3 Å². The Hall–Kier alpha value is -1.93. The van der Waals surface area contributed by atoms with Crippen molar-refractivity contribution >= 4 is 11.9 Å². The Kier molecular flexibility index (Phi) is 5.95. The Bertz CT molecular complexity index is 630. The van der Waals surface area contributed by atoms with Crippen molar-refractivity contribution in [3.8, 4) is 0 Å². The van der Waals surface area contributed by atoms with Crippen LogP contribution < -0.4 is 15.8 Å². The summed E-state index contributed by atoms with van der Waals surface area (Å²) in [4.78, 5) is 31.3. The molecular weight excluding hydrogens is 312 g/mol. The zero-order valence-electron chi connectivity index (χ0n) is 14.8. The van der Waals surface area contributed by atoms with Gasteiger partial charge in [-0.05, 0) is 20.8 Å². The van der Waals surface area contributed by atoms with Gasteiger partial charge >= 0.3 is 0 Å². The Morgan fingerprint density at radius 1 is 1.38 bits per heavy atom. The Balaban J connectivity index is 2.33. The van der Waals surface area contributed by atoms with E-state index in [9.17, 15) is 9.59 Å². The highest BCUT2D eigenvalue weighted by molar-refractivity contribution is 5.76. The molecule has 134 valence electrons. The maximum absolute atomic E-state index is 12.5. The van der Waals surface area contributed by atoms with Gasteiger partial charge in [-0.15, -0.1) is 0 Å². The van der Waals surface area contributed by atoms with Crippen LogP contribution in [0.15, 0.2) is 10.9 Å². The standard InChI is InChI=1S/C16H26N4O4/c1-16(2,3)18-13(21)10-20-14(22)9-12(11-23-4)17-15(20)19-5-7-24-8-6-19/h9H,5-8,10-11H2,1-4H3,(H,18,21). The van der Waals surface area contributed by atoms with Gasteiger partial charge in [0.1, 0.15) is 6.54 Å². The first-order valence-corrected chi connectivity index (χ1v) is 8.03. The van der Waals surface area contributed by atoms with Gasteiger partial charge in [-0.2, -0.15) is 0 Å². The van der Waals surface area contributed by atoms with Crippen LogP contribution in [-0.4, -0.2) is 54.4 Å². The molecule has 0 atom stereocenters. The van der Waals surface area contributed by atoms with Crippen LogP contribution in [0.5, 0.6) is 0 Å². The van der Waals surface area contributed by atoms with E-state index in [0.717, 1.165) is 0 Å². The summed E-state index contributed by atoms with van der Waals surface area (Å²) in [5, 5.41) is 2.87. The highest BCUT2D eigenvalue weighted by Gasteiger charge is 2.21. The number of aromatic nitrogens is 2. The van der Waals surface area contributed by atoms with Gasteiger partial charge in [0.25, 0.3) is 5.56 Å². The number of carbonyl (C=O) groups excluding carboxylic acids is 1. The molecule has 0 bridgehead atoms. The molecular formula is C16H26N4O4. The SMILES string of the molecule is COCc1cc(=O)n(CC(=O)NC(C)(C)C)c(N2CCOCC2)n1. The molecule has 0 spiro atoms. The van der Waals surface area contributed by atoms with Gasteiger partial charge in [0.2, 0.25) is 11.9 Å². The zero-order chi connectivity index (χ0) is 17.7. The first kappa shape index (κ1) is 18.4. The molecule has 0 radical (unpaired) electrons. The summed E-state index contributed by atoms with van der Waals surface area (Å²) in [6.45, 7) is 8.28. The fourth-order valence-electron chi connectivity index (χ4n) is 2.52. The van der Waals surface area contributed by atoms with E-state index in [-0.39, 0.29) is 30.2 Å². The minimum absolute atomic E-state index is 0.0664. The van der Waals surface area contributed by atoms with Crippen LogP contribution in [0.4, 0.5) is 5.95 Å². The van der Waals surface area contributed by atoms with E-state index in [4.69, 9.17) is 9.47 Å². The van der Waals surface area contributed by atoms with Crippen molar-refractivity contribution in [1.82, 2.24) is 14.9 Å². The molecule has 8 heteroatoms. The van der Waals surface area contributed by atoms with Crippen molar-refractivity contribution in [1.29, 1.82) is 0 Å². The van der Waals surface area contributed by atoms with Gasteiger partial charge in [0.05, 0.1) is 25.5 Å². The fraction of sp³-hybridized carbons (Fsp3) is 0.688. The van der Waals surface area contributed by atoms with E-state index in [2.05, 4.69) is 10.3 Å². The number of nitrogens with one attached hydrogen (secondary N) is 1. The van der Waals surface area contributed by atoms with Crippen LogP contribution >= 0.6 is 0 Å². The third kappa shape index (κ3) is 5.04. The minimum atomic E-state index is -0.358. The molecule has 24 heavy (non-hydrogen) atoms. The molecule has 1 aromatic rings. The summed E-state index contributed by atoms with van der Waals surface area (Å²) in [5.74, 6) is 0.266. The van der Waals surface area contributed by atoms with Gasteiger partial charge in [-0.25, -0.2) is 4.98 Å². The lowest BCUT2D eigenvalue weighted by molar-refractivity contribution is -0.123. The average molecular weight is 338 g/mol. The summed E-state index contributed by atoms with van der Waals surface area (Å²) in [5.41, 5.74) is -0.0671. The molecule has 1 aliphatic heterocycles. The maximum Gasteiger partial charge on any atom is 0.255 e. The number of ether oxygens (including phenoxy) is 2. The second kappa shape index (κ2) is 7.76. The van der Waals surface area contributed by atoms with Crippen LogP contribution in [0.3, 0.4) is 0 Å². The molecule has 0 saturated carbocycles. The number of rotatable bonds is 5. The summed E-state index contributed by atoms with van der Waals surface area (Å²) >= 11 is 0. The molecule has 1 amide bonds.